The molecule has 4 aromatic rings. The number of nitrogens with two attached hydrogens (primary N) is 1. The summed E-state index contributed by atoms with van der Waals surface area (Å²) in [4.78, 5) is 35.1. The standard InChI is InChI=1S/C27H26F2N6O2/c1-35(2)13-12-22(34-26-19-9-4-8-18(25(30)36)24(19)31-15-32-26)16-6-3-7-17(14-16)33-27(37)23-20(28)10-5-11-21(23)29/h3-11,14-15,22H,12-13H2,1-2H3,(H2,30,36)(H,33,37)(H,31,32,34). The van der Waals surface area contributed by atoms with Gasteiger partial charge in [0, 0.05) is 11.1 Å². The Morgan fingerprint density at radius 3 is 2.41 bits per heavy atom. The number of nitrogens with one attached hydrogen (secondary N) is 2. The first-order chi connectivity index (χ1) is 17.7. The fraction of sp³-hybridized carbons (Fsp3) is 0.185. The smallest absolute Gasteiger partial charge is 0.261 e. The van der Waals surface area contributed by atoms with Crippen LogP contribution in [0.1, 0.15) is 38.7 Å². The van der Waals surface area contributed by atoms with Crippen LogP contribution in [0.5, 0.6) is 0 Å². The number of amides is 2. The van der Waals surface area contributed by atoms with E-state index in [9.17, 15) is 18.4 Å². The lowest BCUT2D eigenvalue weighted by Gasteiger charge is -2.23. The molecule has 8 nitrogen and oxygen atoms in total. The van der Waals surface area contributed by atoms with E-state index in [-0.39, 0.29) is 11.6 Å². The van der Waals surface area contributed by atoms with Crippen molar-refractivity contribution >= 4 is 34.2 Å². The minimum atomic E-state index is -0.940. The van der Waals surface area contributed by atoms with Gasteiger partial charge in [-0.15, -0.1) is 0 Å². The Bertz CT molecular complexity index is 1440. The Kier molecular flexibility index (Phi) is 7.69. The summed E-state index contributed by atoms with van der Waals surface area (Å²) in [5.74, 6) is -2.84. The highest BCUT2D eigenvalue weighted by molar-refractivity contribution is 6.07. The molecule has 0 radical (unpaired) electrons. The van der Waals surface area contributed by atoms with Gasteiger partial charge < -0.3 is 21.3 Å². The van der Waals surface area contributed by atoms with E-state index in [4.69, 9.17) is 5.73 Å². The van der Waals surface area contributed by atoms with Crippen molar-refractivity contribution in [2.24, 2.45) is 5.73 Å². The van der Waals surface area contributed by atoms with Crippen LogP contribution in [-0.2, 0) is 0 Å². The molecule has 3 aromatic carbocycles. The Morgan fingerprint density at radius 2 is 1.70 bits per heavy atom. The van der Waals surface area contributed by atoms with Gasteiger partial charge in [-0.25, -0.2) is 18.7 Å². The molecule has 1 aromatic heterocycles. The molecular weight excluding hydrogens is 478 g/mol. The minimum Gasteiger partial charge on any atom is -0.366 e. The lowest BCUT2D eigenvalue weighted by molar-refractivity contribution is 0.0997. The number of fused-ring (bicyclic) bond motifs is 1. The molecule has 4 rings (SSSR count). The first-order valence-corrected chi connectivity index (χ1v) is 11.5. The van der Waals surface area contributed by atoms with Crippen molar-refractivity contribution < 1.29 is 18.4 Å². The van der Waals surface area contributed by atoms with Gasteiger partial charge in [-0.3, -0.25) is 9.59 Å². The Morgan fingerprint density at radius 1 is 1.00 bits per heavy atom. The van der Waals surface area contributed by atoms with Crippen LogP contribution in [0.3, 0.4) is 0 Å². The molecule has 37 heavy (non-hydrogen) atoms. The summed E-state index contributed by atoms with van der Waals surface area (Å²) < 4.78 is 28.2. The van der Waals surface area contributed by atoms with Crippen LogP contribution < -0.4 is 16.4 Å². The predicted molar refractivity (Wildman–Crippen MR) is 138 cm³/mol. The van der Waals surface area contributed by atoms with Crippen LogP contribution in [0, 0.1) is 11.6 Å². The number of hydrogen-bond donors (Lipinski definition) is 3. The summed E-state index contributed by atoms with van der Waals surface area (Å²) in [5, 5.41) is 6.64. The van der Waals surface area contributed by atoms with Gasteiger partial charge in [0.05, 0.1) is 17.1 Å². The van der Waals surface area contributed by atoms with Gasteiger partial charge in [-0.05, 0) is 69.0 Å². The average Bonchev–Trinajstić information content (AvgIpc) is 2.86. The number of primary amides is 1. The molecule has 0 spiro atoms. The van der Waals surface area contributed by atoms with Crippen molar-refractivity contribution in [3.05, 3.63) is 95.3 Å². The number of benzene rings is 3. The van der Waals surface area contributed by atoms with Gasteiger partial charge in [0.1, 0.15) is 29.3 Å². The summed E-state index contributed by atoms with van der Waals surface area (Å²) in [6, 6.07) is 15.1. The second kappa shape index (κ2) is 11.1. The average molecular weight is 505 g/mol. The van der Waals surface area contributed by atoms with Crippen LogP contribution in [-0.4, -0.2) is 47.3 Å². The molecule has 0 saturated carbocycles. The number of nitrogens with zero attached hydrogens (tertiary/aromatic N) is 3. The topological polar surface area (TPSA) is 113 Å². The molecular formula is C27H26F2N6O2. The van der Waals surface area contributed by atoms with E-state index in [1.165, 1.54) is 12.4 Å². The number of hydrogen-bond acceptors (Lipinski definition) is 6. The normalized spacial score (nSPS) is 11.9. The second-order valence-corrected chi connectivity index (χ2v) is 8.75. The lowest BCUT2D eigenvalue weighted by Crippen LogP contribution is -2.21. The molecule has 1 heterocycles. The summed E-state index contributed by atoms with van der Waals surface area (Å²) in [6.45, 7) is 0.726. The highest BCUT2D eigenvalue weighted by atomic mass is 19.1. The van der Waals surface area contributed by atoms with E-state index < -0.39 is 29.0 Å². The minimum absolute atomic E-state index is 0.264. The third-order valence-corrected chi connectivity index (χ3v) is 5.84. The third kappa shape index (κ3) is 5.87. The Balaban J connectivity index is 1.66. The first-order valence-electron chi connectivity index (χ1n) is 11.5. The van der Waals surface area contributed by atoms with Crippen molar-refractivity contribution in [3.63, 3.8) is 0 Å². The largest absolute Gasteiger partial charge is 0.366 e. The molecule has 0 saturated heterocycles. The molecule has 0 aliphatic rings. The highest BCUT2D eigenvalue weighted by Crippen LogP contribution is 2.29. The van der Waals surface area contributed by atoms with Crippen LogP contribution in [0.2, 0.25) is 0 Å². The number of carbonyl (C=O) groups is 2. The van der Waals surface area contributed by atoms with Gasteiger partial charge in [0.15, 0.2) is 0 Å². The third-order valence-electron chi connectivity index (χ3n) is 5.84. The Labute approximate surface area is 212 Å². The summed E-state index contributed by atoms with van der Waals surface area (Å²) in [6.07, 6.45) is 2.02. The summed E-state index contributed by atoms with van der Waals surface area (Å²) in [7, 11) is 3.91. The molecule has 10 heteroatoms. The molecule has 0 fully saturated rings. The maximum atomic E-state index is 14.1. The molecule has 4 N–H and O–H groups in total. The van der Waals surface area contributed by atoms with Gasteiger partial charge in [-0.1, -0.05) is 24.3 Å². The van der Waals surface area contributed by atoms with E-state index in [0.29, 0.717) is 28.8 Å². The summed E-state index contributed by atoms with van der Waals surface area (Å²) >= 11 is 0. The maximum absolute atomic E-state index is 14.1. The van der Waals surface area contributed by atoms with Crippen LogP contribution in [0.4, 0.5) is 20.3 Å². The molecule has 0 aliphatic carbocycles. The van der Waals surface area contributed by atoms with Crippen molar-refractivity contribution in [1.29, 1.82) is 0 Å². The van der Waals surface area contributed by atoms with E-state index in [0.717, 1.165) is 24.2 Å². The summed E-state index contributed by atoms with van der Waals surface area (Å²) in [5.41, 5.74) is 6.79. The number of anilines is 2. The van der Waals surface area contributed by atoms with Crippen LogP contribution in [0.15, 0.2) is 67.0 Å². The molecule has 1 unspecified atom stereocenters. The number of aromatic nitrogens is 2. The zero-order valence-corrected chi connectivity index (χ0v) is 20.3. The van der Waals surface area contributed by atoms with E-state index in [2.05, 4.69) is 20.6 Å². The van der Waals surface area contributed by atoms with Crippen molar-refractivity contribution in [2.75, 3.05) is 31.3 Å². The zero-order valence-electron chi connectivity index (χ0n) is 20.3. The number of carbonyl (C=O) groups excluding carboxylic acids is 2. The Hall–Kier alpha value is -4.44. The maximum Gasteiger partial charge on any atom is 0.261 e. The molecule has 0 aliphatic heterocycles. The van der Waals surface area contributed by atoms with Crippen molar-refractivity contribution in [2.45, 2.75) is 12.5 Å². The van der Waals surface area contributed by atoms with Crippen LogP contribution >= 0.6 is 0 Å². The molecule has 2 amide bonds. The number of halogens is 2. The van der Waals surface area contributed by atoms with Crippen molar-refractivity contribution in [3.8, 4) is 0 Å². The monoisotopic (exact) mass is 504 g/mol. The lowest BCUT2D eigenvalue weighted by atomic mass is 10.0. The molecule has 0 bridgehead atoms. The fourth-order valence-corrected chi connectivity index (χ4v) is 4.02. The highest BCUT2D eigenvalue weighted by Gasteiger charge is 2.19. The van der Waals surface area contributed by atoms with Crippen molar-refractivity contribution in [1.82, 2.24) is 14.9 Å². The fourth-order valence-electron chi connectivity index (χ4n) is 4.02. The first kappa shape index (κ1) is 25.6. The van der Waals surface area contributed by atoms with Gasteiger partial charge in [-0.2, -0.15) is 0 Å². The predicted octanol–water partition coefficient (Wildman–Crippen LogP) is 4.36. The zero-order chi connectivity index (χ0) is 26.5. The van der Waals surface area contributed by atoms with E-state index >= 15 is 0 Å². The van der Waals surface area contributed by atoms with Gasteiger partial charge in [0.25, 0.3) is 11.8 Å². The molecule has 1 atom stereocenters. The van der Waals surface area contributed by atoms with E-state index in [1.807, 2.05) is 25.1 Å². The molecule has 190 valence electrons. The van der Waals surface area contributed by atoms with Gasteiger partial charge in [0.2, 0.25) is 0 Å². The van der Waals surface area contributed by atoms with Crippen LogP contribution in [0.25, 0.3) is 10.9 Å². The number of rotatable bonds is 9. The second-order valence-electron chi connectivity index (χ2n) is 8.75. The van der Waals surface area contributed by atoms with E-state index in [1.54, 1.807) is 36.4 Å². The van der Waals surface area contributed by atoms with Gasteiger partial charge >= 0.3 is 0 Å². The quantitative estimate of drug-likeness (QED) is 0.312. The SMILES string of the molecule is CN(C)CCC(Nc1ncnc2c(C(N)=O)cccc12)c1cccc(NC(=O)c2c(F)cccc2F)c1. The number of para-hydroxylation sites is 1.